The van der Waals surface area contributed by atoms with Gasteiger partial charge < -0.3 is 39.6 Å². The minimum Gasteiger partial charge on any atom is -0.545 e. The van der Waals surface area contributed by atoms with Gasteiger partial charge in [0.15, 0.2) is 69.8 Å². The molecular weight excluding hydrogens is 946 g/mol. The molecule has 296 valence electrons. The first-order valence-corrected chi connectivity index (χ1v) is 11.5. The quantitative estimate of drug-likeness (QED) is 0.170. The van der Waals surface area contributed by atoms with Gasteiger partial charge in [0.2, 0.25) is 0 Å². The number of carboxylic acids is 4. The fourth-order valence-corrected chi connectivity index (χ4v) is 2.73. The number of rotatable bonds is 4. The number of carbonyl (C=O) groups excluding carboxylic acids is 4. The minimum atomic E-state index is -1.88. The van der Waals surface area contributed by atoms with Crippen LogP contribution in [-0.4, -0.2) is 23.9 Å². The first kappa shape index (κ1) is 54.8. The summed E-state index contributed by atoms with van der Waals surface area (Å²) >= 11 is 0. The Bertz CT molecular complexity index is 1630. The van der Waals surface area contributed by atoms with E-state index in [1.165, 1.54) is 0 Å². The van der Waals surface area contributed by atoms with Gasteiger partial charge in [-0.3, -0.25) is 0 Å². The molecule has 0 fully saturated rings. The zero-order chi connectivity index (χ0) is 37.2. The van der Waals surface area contributed by atoms with Crippen LogP contribution in [0.2, 0.25) is 0 Å². The summed E-state index contributed by atoms with van der Waals surface area (Å²) in [4.78, 5) is 40.2. The van der Waals surface area contributed by atoms with Crippen molar-refractivity contribution in [2.75, 3.05) is 0 Å². The first-order chi connectivity index (χ1) is 22.1. The van der Waals surface area contributed by atoms with Crippen LogP contribution in [0, 0.1) is 69.8 Å². The van der Waals surface area contributed by atoms with Gasteiger partial charge in [0, 0.05) is 22.3 Å². The zero-order valence-electron chi connectivity index (χ0n) is 23.6. The van der Waals surface area contributed by atoms with Crippen LogP contribution in [0.5, 0.6) is 0 Å². The van der Waals surface area contributed by atoms with Gasteiger partial charge in [0.05, 0.1) is 23.9 Å². The van der Waals surface area contributed by atoms with Crippen LogP contribution in [-0.2, 0) is 68.3 Å². The van der Waals surface area contributed by atoms with Crippen LogP contribution in [0.1, 0.15) is 41.4 Å². The average Bonchev–Trinajstić information content (AvgIpc) is 3.00. The SMILES string of the molecule is O=C([O-])c1ccc(F)c(F)c1F.O=C([O-])c1ccc(F)c(F)c1F.O=C([O-])c1ccc(F)c(F)c1F.O=C([O-])c1ccc(F)c(F)c1F.[Cu+].[Cu+].[Cu+].[Cu+]. The van der Waals surface area contributed by atoms with Crippen molar-refractivity contribution in [2.24, 2.45) is 0 Å². The Hall–Kier alpha value is -4.00. The van der Waals surface area contributed by atoms with Crippen molar-refractivity contribution in [1.82, 2.24) is 0 Å². The van der Waals surface area contributed by atoms with Gasteiger partial charge in [0.1, 0.15) is 0 Å². The van der Waals surface area contributed by atoms with Gasteiger partial charge in [-0.25, -0.2) is 52.7 Å². The topological polar surface area (TPSA) is 161 Å². The molecule has 24 heteroatoms. The molecular formula is C28H8Cu4F12O8. The molecule has 0 saturated carbocycles. The van der Waals surface area contributed by atoms with Gasteiger partial charge in [0.25, 0.3) is 0 Å². The van der Waals surface area contributed by atoms with Gasteiger partial charge in [-0.2, -0.15) is 0 Å². The summed E-state index contributed by atoms with van der Waals surface area (Å²) < 4.78 is 148. The molecule has 0 unspecified atom stereocenters. The first-order valence-electron chi connectivity index (χ1n) is 11.5. The molecule has 0 aromatic heterocycles. The molecule has 0 atom stereocenters. The van der Waals surface area contributed by atoms with Crippen LogP contribution in [0.3, 0.4) is 0 Å². The number of benzene rings is 4. The smallest absolute Gasteiger partial charge is 0.545 e. The number of halogens is 12. The molecule has 52 heavy (non-hydrogen) atoms. The third kappa shape index (κ3) is 14.6. The molecule has 0 heterocycles. The minimum absolute atomic E-state index is 0. The van der Waals surface area contributed by atoms with Gasteiger partial charge >= 0.3 is 68.3 Å². The Morgan fingerprint density at radius 2 is 0.423 bits per heavy atom. The fourth-order valence-electron chi connectivity index (χ4n) is 2.73. The monoisotopic (exact) mass is 952 g/mol. The number of aromatic carboxylic acids is 4. The fraction of sp³-hybridized carbons (Fsp3) is 0. The van der Waals surface area contributed by atoms with Crippen molar-refractivity contribution in [2.45, 2.75) is 0 Å². The molecule has 4 aromatic carbocycles. The van der Waals surface area contributed by atoms with E-state index in [0.29, 0.717) is 48.5 Å². The molecule has 0 aliphatic heterocycles. The number of hydrogen-bond acceptors (Lipinski definition) is 8. The van der Waals surface area contributed by atoms with Crippen molar-refractivity contribution in [3.63, 3.8) is 0 Å². The second-order valence-corrected chi connectivity index (χ2v) is 8.04. The standard InChI is InChI=1S/4C7H3F3O2.4Cu/c4*8-4-2-1-3(7(11)12)5(9)6(4)10;;;;/h4*1-2H,(H,11,12);;;;/q;;;;4*+1/p-4. The molecule has 0 N–H and O–H groups in total. The van der Waals surface area contributed by atoms with Crippen LogP contribution < -0.4 is 20.4 Å². The Balaban J connectivity index is -0.000000288. The normalized spacial score (nSPS) is 9.15. The van der Waals surface area contributed by atoms with E-state index in [0.717, 1.165) is 0 Å². The molecule has 0 aliphatic rings. The van der Waals surface area contributed by atoms with E-state index in [9.17, 15) is 92.3 Å². The van der Waals surface area contributed by atoms with E-state index in [1.54, 1.807) is 0 Å². The summed E-state index contributed by atoms with van der Waals surface area (Å²) in [6.45, 7) is 0. The molecule has 0 aliphatic carbocycles. The van der Waals surface area contributed by atoms with Gasteiger partial charge in [-0.05, 0) is 48.5 Å². The molecule has 0 amide bonds. The van der Waals surface area contributed by atoms with Crippen molar-refractivity contribution >= 4 is 23.9 Å². The van der Waals surface area contributed by atoms with Gasteiger partial charge in [-0.1, -0.05) is 0 Å². The van der Waals surface area contributed by atoms with Crippen molar-refractivity contribution in [3.8, 4) is 0 Å². The van der Waals surface area contributed by atoms with E-state index < -0.39 is 116 Å². The average molecular weight is 955 g/mol. The largest absolute Gasteiger partial charge is 1.00 e. The number of carboxylic acid groups (broad SMARTS) is 4. The molecule has 0 saturated heterocycles. The summed E-state index contributed by atoms with van der Waals surface area (Å²) in [5.74, 6) is -27.5. The Morgan fingerprint density at radius 1 is 0.288 bits per heavy atom. The second-order valence-electron chi connectivity index (χ2n) is 8.04. The van der Waals surface area contributed by atoms with Crippen molar-refractivity contribution in [3.05, 3.63) is 141 Å². The predicted octanol–water partition coefficient (Wildman–Crippen LogP) is 1.86. The molecule has 0 radical (unpaired) electrons. The van der Waals surface area contributed by atoms with E-state index in [1.807, 2.05) is 0 Å². The molecule has 8 nitrogen and oxygen atoms in total. The Morgan fingerprint density at radius 3 is 0.538 bits per heavy atom. The summed E-state index contributed by atoms with van der Waals surface area (Å²) in [7, 11) is 0. The van der Waals surface area contributed by atoms with Crippen LogP contribution in [0.15, 0.2) is 48.5 Å². The molecule has 4 aromatic rings. The van der Waals surface area contributed by atoms with E-state index in [4.69, 9.17) is 0 Å². The predicted molar refractivity (Wildman–Crippen MR) is 123 cm³/mol. The summed E-state index contributed by atoms with van der Waals surface area (Å²) in [5.41, 5.74) is -3.97. The van der Waals surface area contributed by atoms with E-state index >= 15 is 0 Å². The maximum absolute atomic E-state index is 12.5. The molecule has 4 rings (SSSR count). The Labute approximate surface area is 323 Å². The third-order valence-corrected chi connectivity index (χ3v) is 5.02. The zero-order valence-corrected chi connectivity index (χ0v) is 27.4. The number of carbonyl (C=O) groups is 4. The van der Waals surface area contributed by atoms with Crippen LogP contribution >= 0.6 is 0 Å². The van der Waals surface area contributed by atoms with Crippen LogP contribution in [0.25, 0.3) is 0 Å². The van der Waals surface area contributed by atoms with E-state index in [2.05, 4.69) is 0 Å². The molecule has 0 bridgehead atoms. The summed E-state index contributed by atoms with van der Waals surface area (Å²) in [6.07, 6.45) is 0. The van der Waals surface area contributed by atoms with E-state index in [-0.39, 0.29) is 68.3 Å². The molecule has 0 spiro atoms. The van der Waals surface area contributed by atoms with Gasteiger partial charge in [-0.15, -0.1) is 0 Å². The summed E-state index contributed by atoms with van der Waals surface area (Å²) in [5, 5.41) is 40.2. The van der Waals surface area contributed by atoms with Crippen molar-refractivity contribution < 1.29 is 161 Å². The van der Waals surface area contributed by atoms with Crippen molar-refractivity contribution in [1.29, 1.82) is 0 Å². The maximum Gasteiger partial charge on any atom is 1.00 e. The van der Waals surface area contributed by atoms with Crippen LogP contribution in [0.4, 0.5) is 52.7 Å². The third-order valence-electron chi connectivity index (χ3n) is 5.02. The number of hydrogen-bond donors (Lipinski definition) is 0. The second kappa shape index (κ2) is 24.3. The summed E-state index contributed by atoms with van der Waals surface area (Å²) in [6, 6.07) is 4.47. The maximum atomic E-state index is 12.5. The Kier molecular flexibility index (Phi) is 25.6.